The van der Waals surface area contributed by atoms with Gasteiger partial charge in [0.25, 0.3) is 5.91 Å². The summed E-state index contributed by atoms with van der Waals surface area (Å²) in [5, 5.41) is 10.6. The standard InChI is InChI=1S/C15H11Cl2F3N6O/c1-25-11(5-12(23-25)15(18,19)20)13(27)22-14-21-7-26(24-14)6-8-2-3-9(16)4-10(8)17/h2-5,7H,6H2,1H3,(H,22,24,27). The van der Waals surface area contributed by atoms with Crippen LogP contribution < -0.4 is 5.32 Å². The van der Waals surface area contributed by atoms with Crippen LogP contribution in [0.3, 0.4) is 0 Å². The second-order valence-electron chi connectivity index (χ2n) is 5.49. The molecule has 1 N–H and O–H groups in total. The SMILES string of the molecule is Cn1nc(C(F)(F)F)cc1C(=O)Nc1ncn(Cc2ccc(Cl)cc2Cl)n1. The number of nitrogens with zero attached hydrogens (tertiary/aromatic N) is 5. The van der Waals surface area contributed by atoms with Crippen LogP contribution in [0.4, 0.5) is 19.1 Å². The van der Waals surface area contributed by atoms with Gasteiger partial charge in [0.15, 0.2) is 5.69 Å². The molecule has 0 aliphatic heterocycles. The lowest BCUT2D eigenvalue weighted by molar-refractivity contribution is -0.141. The molecule has 1 aromatic carbocycles. The summed E-state index contributed by atoms with van der Waals surface area (Å²) in [5.41, 5.74) is -0.712. The van der Waals surface area contributed by atoms with Crippen LogP contribution in [0, 0.1) is 0 Å². The van der Waals surface area contributed by atoms with Gasteiger partial charge in [-0.15, -0.1) is 5.10 Å². The Labute approximate surface area is 160 Å². The number of aromatic nitrogens is 5. The molecule has 0 saturated heterocycles. The van der Waals surface area contributed by atoms with E-state index in [-0.39, 0.29) is 18.2 Å². The van der Waals surface area contributed by atoms with Crippen LogP contribution in [0.15, 0.2) is 30.6 Å². The summed E-state index contributed by atoms with van der Waals surface area (Å²) in [6, 6.07) is 5.63. The number of aryl methyl sites for hydroxylation is 1. The summed E-state index contributed by atoms with van der Waals surface area (Å²) in [6.07, 6.45) is -3.29. The van der Waals surface area contributed by atoms with Gasteiger partial charge in [0.2, 0.25) is 5.95 Å². The maximum Gasteiger partial charge on any atom is 0.435 e. The minimum atomic E-state index is -4.64. The molecule has 0 bridgehead atoms. The molecule has 2 aromatic heterocycles. The first-order chi connectivity index (χ1) is 12.6. The van der Waals surface area contributed by atoms with Gasteiger partial charge in [-0.1, -0.05) is 29.3 Å². The summed E-state index contributed by atoms with van der Waals surface area (Å²) < 4.78 is 40.3. The van der Waals surface area contributed by atoms with Crippen LogP contribution in [0.2, 0.25) is 10.0 Å². The van der Waals surface area contributed by atoms with Gasteiger partial charge in [0.05, 0.1) is 6.54 Å². The van der Waals surface area contributed by atoms with E-state index < -0.39 is 17.8 Å². The Morgan fingerprint density at radius 1 is 1.22 bits per heavy atom. The molecule has 0 atom stereocenters. The van der Waals surface area contributed by atoms with E-state index in [9.17, 15) is 18.0 Å². The molecule has 0 fully saturated rings. The minimum absolute atomic E-state index is 0.0696. The van der Waals surface area contributed by atoms with E-state index in [2.05, 4.69) is 20.5 Å². The number of hydrogen-bond acceptors (Lipinski definition) is 4. The summed E-state index contributed by atoms with van der Waals surface area (Å²) >= 11 is 11.9. The summed E-state index contributed by atoms with van der Waals surface area (Å²) in [7, 11) is 1.23. The molecular weight excluding hydrogens is 408 g/mol. The average molecular weight is 419 g/mol. The zero-order valence-corrected chi connectivity index (χ0v) is 15.1. The largest absolute Gasteiger partial charge is 0.435 e. The van der Waals surface area contributed by atoms with E-state index in [0.29, 0.717) is 16.1 Å². The van der Waals surface area contributed by atoms with Crippen molar-refractivity contribution >= 4 is 35.1 Å². The topological polar surface area (TPSA) is 77.6 Å². The van der Waals surface area contributed by atoms with Crippen LogP contribution in [0.1, 0.15) is 21.7 Å². The fourth-order valence-corrected chi connectivity index (χ4v) is 2.70. The lowest BCUT2D eigenvalue weighted by Gasteiger charge is -2.04. The van der Waals surface area contributed by atoms with E-state index in [0.717, 1.165) is 10.2 Å². The van der Waals surface area contributed by atoms with E-state index in [4.69, 9.17) is 23.2 Å². The van der Waals surface area contributed by atoms with Crippen molar-refractivity contribution in [1.82, 2.24) is 24.5 Å². The van der Waals surface area contributed by atoms with Crippen molar-refractivity contribution in [2.45, 2.75) is 12.7 Å². The second-order valence-corrected chi connectivity index (χ2v) is 6.34. The number of alkyl halides is 3. The van der Waals surface area contributed by atoms with E-state index in [1.165, 1.54) is 18.1 Å². The molecule has 12 heteroatoms. The first-order valence-electron chi connectivity index (χ1n) is 7.39. The van der Waals surface area contributed by atoms with Crippen molar-refractivity contribution in [3.63, 3.8) is 0 Å². The maximum atomic E-state index is 12.7. The highest BCUT2D eigenvalue weighted by Crippen LogP contribution is 2.28. The van der Waals surface area contributed by atoms with Gasteiger partial charge in [-0.2, -0.15) is 18.3 Å². The zero-order valence-electron chi connectivity index (χ0n) is 13.6. The van der Waals surface area contributed by atoms with Gasteiger partial charge in [-0.3, -0.25) is 14.8 Å². The Bertz CT molecular complexity index is 998. The molecule has 3 aromatic rings. The van der Waals surface area contributed by atoms with Crippen LogP contribution in [0.25, 0.3) is 0 Å². The minimum Gasteiger partial charge on any atom is -0.288 e. The van der Waals surface area contributed by atoms with Crippen molar-refractivity contribution < 1.29 is 18.0 Å². The average Bonchev–Trinajstić information content (AvgIpc) is 3.16. The smallest absolute Gasteiger partial charge is 0.288 e. The quantitative estimate of drug-likeness (QED) is 0.701. The number of carbonyl (C=O) groups excluding carboxylic acids is 1. The molecule has 1 amide bonds. The Hall–Kier alpha value is -2.59. The highest BCUT2D eigenvalue weighted by atomic mass is 35.5. The van der Waals surface area contributed by atoms with E-state index in [1.54, 1.807) is 18.2 Å². The molecule has 27 heavy (non-hydrogen) atoms. The number of halogens is 5. The third kappa shape index (κ3) is 4.40. The number of anilines is 1. The maximum absolute atomic E-state index is 12.7. The summed E-state index contributed by atoms with van der Waals surface area (Å²) in [5.74, 6) is -0.886. The van der Waals surface area contributed by atoms with Crippen molar-refractivity contribution in [1.29, 1.82) is 0 Å². The highest BCUT2D eigenvalue weighted by Gasteiger charge is 2.35. The fraction of sp³-hybridized carbons (Fsp3) is 0.200. The number of amides is 1. The van der Waals surface area contributed by atoms with Crippen molar-refractivity contribution in [3.8, 4) is 0 Å². The van der Waals surface area contributed by atoms with Crippen molar-refractivity contribution in [3.05, 3.63) is 57.6 Å². The van der Waals surface area contributed by atoms with E-state index in [1.807, 2.05) is 0 Å². The normalized spacial score (nSPS) is 11.6. The van der Waals surface area contributed by atoms with Crippen LogP contribution in [-0.2, 0) is 19.8 Å². The molecule has 0 saturated carbocycles. The lowest BCUT2D eigenvalue weighted by atomic mass is 10.2. The second kappa shape index (κ2) is 7.20. The van der Waals surface area contributed by atoms with Crippen LogP contribution in [-0.4, -0.2) is 30.5 Å². The third-order valence-corrected chi connectivity index (χ3v) is 4.10. The Balaban J connectivity index is 1.72. The van der Waals surface area contributed by atoms with Crippen molar-refractivity contribution in [2.24, 2.45) is 7.05 Å². The monoisotopic (exact) mass is 418 g/mol. The third-order valence-electron chi connectivity index (χ3n) is 3.51. The Kier molecular flexibility index (Phi) is 5.11. The number of carbonyl (C=O) groups is 1. The summed E-state index contributed by atoms with van der Waals surface area (Å²) in [6.45, 7) is 0.267. The highest BCUT2D eigenvalue weighted by molar-refractivity contribution is 6.35. The number of rotatable bonds is 4. The van der Waals surface area contributed by atoms with Gasteiger partial charge in [-0.05, 0) is 17.7 Å². The molecule has 3 rings (SSSR count). The van der Waals surface area contributed by atoms with Gasteiger partial charge in [0, 0.05) is 23.2 Å². The molecule has 0 radical (unpaired) electrons. The van der Waals surface area contributed by atoms with Gasteiger partial charge >= 0.3 is 6.18 Å². The molecule has 0 unspecified atom stereocenters. The molecule has 0 spiro atoms. The van der Waals surface area contributed by atoms with Crippen molar-refractivity contribution in [2.75, 3.05) is 5.32 Å². The van der Waals surface area contributed by atoms with Crippen LogP contribution in [0.5, 0.6) is 0 Å². The molecule has 2 heterocycles. The lowest BCUT2D eigenvalue weighted by Crippen LogP contribution is -2.17. The first-order valence-corrected chi connectivity index (χ1v) is 8.15. The number of nitrogens with one attached hydrogen (secondary N) is 1. The molecule has 142 valence electrons. The number of hydrogen-bond donors (Lipinski definition) is 1. The van der Waals surface area contributed by atoms with E-state index >= 15 is 0 Å². The zero-order chi connectivity index (χ0) is 19.8. The summed E-state index contributed by atoms with van der Waals surface area (Å²) in [4.78, 5) is 16.1. The molecule has 7 nitrogen and oxygen atoms in total. The first kappa shape index (κ1) is 19.2. The molecule has 0 aliphatic rings. The predicted molar refractivity (Wildman–Crippen MR) is 91.7 cm³/mol. The van der Waals surface area contributed by atoms with Gasteiger partial charge in [0.1, 0.15) is 12.0 Å². The van der Waals surface area contributed by atoms with Crippen LogP contribution >= 0.6 is 23.2 Å². The van der Waals surface area contributed by atoms with Gasteiger partial charge < -0.3 is 0 Å². The Morgan fingerprint density at radius 3 is 2.59 bits per heavy atom. The molecular formula is C15H11Cl2F3N6O. The van der Waals surface area contributed by atoms with Gasteiger partial charge in [-0.25, -0.2) is 9.67 Å². The fourth-order valence-electron chi connectivity index (χ4n) is 2.24. The predicted octanol–water partition coefficient (Wildman–Crippen LogP) is 3.64. The molecule has 0 aliphatic carbocycles. The number of benzene rings is 1. The Morgan fingerprint density at radius 2 is 1.96 bits per heavy atom.